The molecule has 0 aromatic heterocycles. The van der Waals surface area contributed by atoms with Gasteiger partial charge in [0.05, 0.1) is 9.79 Å². The summed E-state index contributed by atoms with van der Waals surface area (Å²) in [6, 6.07) is 14.2. The van der Waals surface area contributed by atoms with E-state index in [9.17, 15) is 5.11 Å². The van der Waals surface area contributed by atoms with Crippen molar-refractivity contribution in [2.75, 3.05) is 6.61 Å². The van der Waals surface area contributed by atoms with E-state index in [-0.39, 0.29) is 12.5 Å². The zero-order valence-corrected chi connectivity index (χ0v) is 10.9. The molecule has 1 aliphatic heterocycles. The maximum Gasteiger partial charge on any atom is 0.141 e. The average molecular weight is 258 g/mol. The van der Waals surface area contributed by atoms with Gasteiger partial charge in [0, 0.05) is 12.5 Å². The van der Waals surface area contributed by atoms with Crippen molar-refractivity contribution in [3.63, 3.8) is 0 Å². The number of ether oxygens (including phenoxy) is 1. The van der Waals surface area contributed by atoms with E-state index in [1.165, 1.54) is 0 Å². The molecule has 92 valence electrons. The van der Waals surface area contributed by atoms with Gasteiger partial charge in [0.15, 0.2) is 0 Å². The maximum absolute atomic E-state index is 9.20. The molecule has 2 nitrogen and oxygen atoms in total. The molecule has 0 bridgehead atoms. The SMILES string of the molecule is CC(CO)c1ccc2c(c1)Oc1ccccc1S2. The van der Waals surface area contributed by atoms with Gasteiger partial charge in [-0.1, -0.05) is 36.9 Å². The molecule has 3 rings (SSSR count). The van der Waals surface area contributed by atoms with Crippen molar-refractivity contribution in [2.45, 2.75) is 22.6 Å². The Hall–Kier alpha value is -1.45. The van der Waals surface area contributed by atoms with E-state index in [1.807, 2.05) is 31.2 Å². The fourth-order valence-electron chi connectivity index (χ4n) is 1.96. The average Bonchev–Trinajstić information content (AvgIpc) is 2.43. The highest BCUT2D eigenvalue weighted by Crippen LogP contribution is 2.47. The molecule has 0 amide bonds. The number of fused-ring (bicyclic) bond motifs is 2. The molecule has 1 aliphatic rings. The molecule has 1 atom stereocenters. The summed E-state index contributed by atoms with van der Waals surface area (Å²) < 4.78 is 5.91. The minimum absolute atomic E-state index is 0.140. The highest BCUT2D eigenvalue weighted by atomic mass is 32.2. The molecule has 1 unspecified atom stereocenters. The topological polar surface area (TPSA) is 29.5 Å². The monoisotopic (exact) mass is 258 g/mol. The zero-order valence-electron chi connectivity index (χ0n) is 10.1. The van der Waals surface area contributed by atoms with E-state index >= 15 is 0 Å². The van der Waals surface area contributed by atoms with Crippen LogP contribution >= 0.6 is 11.8 Å². The van der Waals surface area contributed by atoms with Crippen LogP contribution in [0.15, 0.2) is 52.3 Å². The Morgan fingerprint density at radius 2 is 1.89 bits per heavy atom. The Bertz CT molecular complexity index is 580. The third kappa shape index (κ3) is 2.00. The second kappa shape index (κ2) is 4.67. The second-order valence-corrected chi connectivity index (χ2v) is 5.52. The van der Waals surface area contributed by atoms with Gasteiger partial charge < -0.3 is 9.84 Å². The molecular formula is C15H14O2S. The van der Waals surface area contributed by atoms with Crippen molar-refractivity contribution in [3.8, 4) is 11.5 Å². The number of aliphatic hydroxyl groups is 1. The Kier molecular flexibility index (Phi) is 3.02. The maximum atomic E-state index is 9.20. The third-order valence-electron chi connectivity index (χ3n) is 3.10. The van der Waals surface area contributed by atoms with Gasteiger partial charge >= 0.3 is 0 Å². The standard InChI is InChI=1S/C15H14O2S/c1-10(9-16)11-6-7-15-13(8-11)17-12-4-2-3-5-14(12)18-15/h2-8,10,16H,9H2,1H3. The number of hydrogen-bond donors (Lipinski definition) is 1. The van der Waals surface area contributed by atoms with Gasteiger partial charge in [0.25, 0.3) is 0 Å². The molecule has 18 heavy (non-hydrogen) atoms. The summed E-state index contributed by atoms with van der Waals surface area (Å²) in [6.07, 6.45) is 0. The summed E-state index contributed by atoms with van der Waals surface area (Å²) in [5.74, 6) is 1.93. The van der Waals surface area contributed by atoms with Crippen molar-refractivity contribution in [3.05, 3.63) is 48.0 Å². The molecule has 0 fully saturated rings. The summed E-state index contributed by atoms with van der Waals surface area (Å²) in [7, 11) is 0. The summed E-state index contributed by atoms with van der Waals surface area (Å²) in [6.45, 7) is 2.16. The molecule has 0 aliphatic carbocycles. The van der Waals surface area contributed by atoms with Gasteiger partial charge in [0.2, 0.25) is 0 Å². The van der Waals surface area contributed by atoms with Gasteiger partial charge in [-0.15, -0.1) is 0 Å². The van der Waals surface area contributed by atoms with E-state index in [1.54, 1.807) is 11.8 Å². The normalized spacial score (nSPS) is 14.3. The van der Waals surface area contributed by atoms with Crippen LogP contribution in [0.5, 0.6) is 11.5 Å². The summed E-state index contributed by atoms with van der Waals surface area (Å²) in [4.78, 5) is 2.27. The Morgan fingerprint density at radius 1 is 1.11 bits per heavy atom. The van der Waals surface area contributed by atoms with Crippen LogP contribution in [0, 0.1) is 0 Å². The molecule has 3 heteroatoms. The van der Waals surface area contributed by atoms with Gasteiger partial charge in [-0.25, -0.2) is 0 Å². The van der Waals surface area contributed by atoms with Crippen LogP contribution in [0.1, 0.15) is 18.4 Å². The Balaban J connectivity index is 1.98. The van der Waals surface area contributed by atoms with Crippen LogP contribution < -0.4 is 4.74 Å². The highest BCUT2D eigenvalue weighted by molar-refractivity contribution is 7.99. The predicted molar refractivity (Wildman–Crippen MR) is 72.6 cm³/mol. The Labute approximate surface area is 111 Å². The number of benzene rings is 2. The zero-order chi connectivity index (χ0) is 12.5. The fraction of sp³-hybridized carbons (Fsp3) is 0.200. The first-order chi connectivity index (χ1) is 8.78. The molecule has 1 heterocycles. The van der Waals surface area contributed by atoms with Crippen molar-refractivity contribution in [2.24, 2.45) is 0 Å². The number of rotatable bonds is 2. The van der Waals surface area contributed by atoms with Crippen LogP contribution in [-0.4, -0.2) is 11.7 Å². The highest BCUT2D eigenvalue weighted by Gasteiger charge is 2.18. The smallest absolute Gasteiger partial charge is 0.141 e. The lowest BCUT2D eigenvalue weighted by Gasteiger charge is -2.20. The van der Waals surface area contributed by atoms with Crippen LogP contribution in [0.2, 0.25) is 0 Å². The largest absolute Gasteiger partial charge is 0.455 e. The molecule has 1 N–H and O–H groups in total. The van der Waals surface area contributed by atoms with Gasteiger partial charge in [-0.3, -0.25) is 0 Å². The first-order valence-corrected chi connectivity index (χ1v) is 6.79. The van der Waals surface area contributed by atoms with Crippen molar-refractivity contribution < 1.29 is 9.84 Å². The molecule has 0 radical (unpaired) electrons. The molecule has 0 saturated heterocycles. The van der Waals surface area contributed by atoms with Gasteiger partial charge in [-0.2, -0.15) is 0 Å². The first kappa shape index (κ1) is 11.6. The van der Waals surface area contributed by atoms with E-state index < -0.39 is 0 Å². The van der Waals surface area contributed by atoms with Crippen LogP contribution in [-0.2, 0) is 0 Å². The van der Waals surface area contributed by atoms with Gasteiger partial charge in [-0.05, 0) is 29.8 Å². The number of para-hydroxylation sites is 1. The Morgan fingerprint density at radius 3 is 2.72 bits per heavy atom. The molecule has 0 spiro atoms. The molecular weight excluding hydrogens is 244 g/mol. The van der Waals surface area contributed by atoms with E-state index in [0.29, 0.717) is 0 Å². The first-order valence-electron chi connectivity index (χ1n) is 5.97. The van der Waals surface area contributed by atoms with Crippen molar-refractivity contribution in [1.82, 2.24) is 0 Å². The molecule has 0 saturated carbocycles. The molecule has 2 aromatic carbocycles. The minimum Gasteiger partial charge on any atom is -0.455 e. The van der Waals surface area contributed by atoms with Crippen LogP contribution in [0.3, 0.4) is 0 Å². The summed E-state index contributed by atoms with van der Waals surface area (Å²) in [5, 5.41) is 9.20. The van der Waals surface area contributed by atoms with Gasteiger partial charge in [0.1, 0.15) is 11.5 Å². The lowest BCUT2D eigenvalue weighted by atomic mass is 10.0. The lowest BCUT2D eigenvalue weighted by molar-refractivity contribution is 0.273. The summed E-state index contributed by atoms with van der Waals surface area (Å²) in [5.41, 5.74) is 1.11. The quantitative estimate of drug-likeness (QED) is 0.752. The fourth-order valence-corrected chi connectivity index (χ4v) is 2.89. The van der Waals surface area contributed by atoms with Crippen LogP contribution in [0.25, 0.3) is 0 Å². The van der Waals surface area contributed by atoms with E-state index in [4.69, 9.17) is 4.74 Å². The molecule has 2 aromatic rings. The van der Waals surface area contributed by atoms with E-state index in [0.717, 1.165) is 26.9 Å². The predicted octanol–water partition coefficient (Wildman–Crippen LogP) is 4.04. The van der Waals surface area contributed by atoms with Crippen molar-refractivity contribution >= 4 is 11.8 Å². The number of aliphatic hydroxyl groups excluding tert-OH is 1. The van der Waals surface area contributed by atoms with E-state index in [2.05, 4.69) is 18.2 Å². The van der Waals surface area contributed by atoms with Crippen LogP contribution in [0.4, 0.5) is 0 Å². The second-order valence-electron chi connectivity index (χ2n) is 4.44. The lowest BCUT2D eigenvalue weighted by Crippen LogP contribution is -2.01. The minimum atomic E-state index is 0.140. The summed E-state index contributed by atoms with van der Waals surface area (Å²) >= 11 is 1.72. The third-order valence-corrected chi connectivity index (χ3v) is 4.21. The number of hydrogen-bond acceptors (Lipinski definition) is 3. The van der Waals surface area contributed by atoms with Crippen molar-refractivity contribution in [1.29, 1.82) is 0 Å².